The van der Waals surface area contributed by atoms with Gasteiger partial charge in [-0.15, -0.1) is 0 Å². The van der Waals surface area contributed by atoms with Crippen LogP contribution in [0.3, 0.4) is 0 Å². The normalized spacial score (nSPS) is 12.6. The number of anilines is 1. The summed E-state index contributed by atoms with van der Waals surface area (Å²) in [6, 6.07) is 5.65. The SMILES string of the molecule is Cc1nc(NCCCc2cccc(O)c2)nc(C)c1C(=O)NC(CNC(=O)CCOCCOCCOCCOCCOCCOCCOCCOCCOCCOCCOCCOCCNC(=O)CCN1C(=O)C=CC1=O)C(=O)O. The number of amides is 5. The third-order valence-electron chi connectivity index (χ3n) is 11.0. The Balaban J connectivity index is 0.971. The molecule has 6 N–H and O–H groups in total. The summed E-state index contributed by atoms with van der Waals surface area (Å²) in [5.74, 6) is -2.97. The maximum atomic E-state index is 13.1. The minimum absolute atomic E-state index is 0.0163. The maximum absolute atomic E-state index is 13.1. The van der Waals surface area contributed by atoms with Gasteiger partial charge in [0.05, 0.1) is 176 Å². The highest BCUT2D eigenvalue weighted by molar-refractivity contribution is 6.13. The molecule has 27 nitrogen and oxygen atoms in total. The molecule has 0 spiro atoms. The van der Waals surface area contributed by atoms with Crippen molar-refractivity contribution in [1.82, 2.24) is 30.8 Å². The van der Waals surface area contributed by atoms with Crippen molar-refractivity contribution in [1.29, 1.82) is 0 Å². The molecule has 80 heavy (non-hydrogen) atoms. The first kappa shape index (κ1) is 68.5. The van der Waals surface area contributed by atoms with Crippen molar-refractivity contribution in [2.45, 2.75) is 45.6 Å². The molecule has 2 aromatic rings. The molecule has 1 aliphatic rings. The standard InChI is InChI=1S/C53H83N7O20/c1-41-50(42(2)58-53(57-41)55-12-4-6-43-5-3-7-44(61)39-43)51(66)59-45(52(67)68)40-56-47(63)11-15-69-17-19-71-21-23-73-25-27-75-29-31-77-33-35-79-37-38-80-36-34-78-32-30-76-28-26-74-24-22-72-20-18-70-16-13-54-46(62)10-14-60-48(64)8-9-49(60)65/h3,5,7-9,39,45,61H,4,6,10-38,40H2,1-2H3,(H,54,62)(H,56,63)(H,59,66)(H,67,68)(H,55,57,58). The molecule has 450 valence electrons. The van der Waals surface area contributed by atoms with Gasteiger partial charge in [0, 0.05) is 51.2 Å². The number of phenolic OH excluding ortho intramolecular Hbond substituents is 1. The Hall–Kier alpha value is -5.82. The number of benzene rings is 1. The van der Waals surface area contributed by atoms with Gasteiger partial charge < -0.3 is 88.3 Å². The molecule has 2 heterocycles. The number of hydrogen-bond donors (Lipinski definition) is 6. The van der Waals surface area contributed by atoms with Gasteiger partial charge in [-0.05, 0) is 44.4 Å². The molecule has 3 rings (SSSR count). The third-order valence-corrected chi connectivity index (χ3v) is 11.0. The van der Waals surface area contributed by atoms with Gasteiger partial charge in [-0.2, -0.15) is 0 Å². The van der Waals surface area contributed by atoms with Crippen LogP contribution in [-0.4, -0.2) is 251 Å². The number of carboxylic acid groups (broad SMARTS) is 1. The number of hydrogen-bond acceptors (Lipinski definition) is 22. The Kier molecular flexibility index (Phi) is 38.4. The first-order valence-electron chi connectivity index (χ1n) is 26.8. The van der Waals surface area contributed by atoms with Crippen molar-refractivity contribution in [3.05, 3.63) is 58.9 Å². The van der Waals surface area contributed by atoms with Crippen molar-refractivity contribution in [3.63, 3.8) is 0 Å². The molecule has 0 saturated carbocycles. The number of phenols is 1. The second-order valence-electron chi connectivity index (χ2n) is 17.3. The number of aromatic nitrogens is 2. The number of rotatable bonds is 52. The number of ether oxygens (including phenoxy) is 12. The number of carbonyl (C=O) groups excluding carboxylic acids is 5. The number of carbonyl (C=O) groups is 6. The van der Waals surface area contributed by atoms with Crippen LogP contribution in [0.15, 0.2) is 36.4 Å². The largest absolute Gasteiger partial charge is 0.508 e. The Morgan fingerprint density at radius 2 is 0.963 bits per heavy atom. The lowest BCUT2D eigenvalue weighted by Gasteiger charge is -2.17. The van der Waals surface area contributed by atoms with Gasteiger partial charge in [0.1, 0.15) is 11.8 Å². The van der Waals surface area contributed by atoms with Gasteiger partial charge in [-0.25, -0.2) is 14.8 Å². The van der Waals surface area contributed by atoms with Crippen molar-refractivity contribution >= 4 is 41.5 Å². The van der Waals surface area contributed by atoms with Crippen LogP contribution in [-0.2, 0) is 87.2 Å². The van der Waals surface area contributed by atoms with Crippen LogP contribution in [0.5, 0.6) is 5.75 Å². The van der Waals surface area contributed by atoms with E-state index in [0.29, 0.717) is 176 Å². The molecule has 27 heteroatoms. The van der Waals surface area contributed by atoms with Crippen LogP contribution in [0, 0.1) is 13.8 Å². The monoisotopic (exact) mass is 1140 g/mol. The van der Waals surface area contributed by atoms with Crippen LogP contribution < -0.4 is 21.3 Å². The van der Waals surface area contributed by atoms with Crippen molar-refractivity contribution in [2.75, 3.05) is 190 Å². The second-order valence-corrected chi connectivity index (χ2v) is 17.3. The molecule has 0 bridgehead atoms. The summed E-state index contributed by atoms with van der Waals surface area (Å²) < 4.78 is 65.7. The van der Waals surface area contributed by atoms with Crippen LogP contribution in [0.4, 0.5) is 5.95 Å². The predicted molar refractivity (Wildman–Crippen MR) is 286 cm³/mol. The number of aromatic hydroxyl groups is 1. The smallest absolute Gasteiger partial charge is 0.328 e. The minimum atomic E-state index is -1.39. The van der Waals surface area contributed by atoms with Crippen LogP contribution in [0.1, 0.15) is 46.6 Å². The van der Waals surface area contributed by atoms with E-state index in [9.17, 15) is 39.0 Å². The van der Waals surface area contributed by atoms with E-state index in [1.54, 1.807) is 32.0 Å². The lowest BCUT2D eigenvalue weighted by atomic mass is 10.1. The summed E-state index contributed by atoms with van der Waals surface area (Å²) in [7, 11) is 0. The number of nitrogens with zero attached hydrogens (tertiary/aromatic N) is 3. The van der Waals surface area contributed by atoms with Crippen molar-refractivity contribution < 1.29 is 95.8 Å². The highest BCUT2D eigenvalue weighted by atomic mass is 16.6. The van der Waals surface area contributed by atoms with Gasteiger partial charge in [-0.3, -0.25) is 28.9 Å². The van der Waals surface area contributed by atoms with Gasteiger partial charge in [-0.1, -0.05) is 12.1 Å². The van der Waals surface area contributed by atoms with Gasteiger partial charge >= 0.3 is 5.97 Å². The molecule has 0 radical (unpaired) electrons. The first-order valence-corrected chi connectivity index (χ1v) is 26.8. The summed E-state index contributed by atoms with van der Waals surface area (Å²) in [5.41, 5.74) is 1.88. The minimum Gasteiger partial charge on any atom is -0.508 e. The zero-order valence-corrected chi connectivity index (χ0v) is 46.3. The Labute approximate surface area is 467 Å². The molecule has 0 saturated heterocycles. The number of nitrogens with one attached hydrogen (secondary N) is 4. The number of aryl methyl sites for hydroxylation is 3. The van der Waals surface area contributed by atoms with E-state index in [4.69, 9.17) is 56.8 Å². The zero-order valence-electron chi connectivity index (χ0n) is 46.3. The topological polar surface area (TPSA) is 331 Å². The Bertz CT molecular complexity index is 2060. The van der Waals surface area contributed by atoms with E-state index in [0.717, 1.165) is 23.3 Å². The molecule has 0 aliphatic carbocycles. The number of imide groups is 1. The average molecular weight is 1140 g/mol. The summed E-state index contributed by atoms with van der Waals surface area (Å²) in [6.07, 6.45) is 3.88. The fourth-order valence-corrected chi connectivity index (χ4v) is 6.97. The quantitative estimate of drug-likeness (QED) is 0.0380. The molecule has 1 atom stereocenters. The first-order chi connectivity index (χ1) is 38.9. The molecule has 1 aromatic heterocycles. The van der Waals surface area contributed by atoms with Crippen LogP contribution >= 0.6 is 0 Å². The highest BCUT2D eigenvalue weighted by Gasteiger charge is 2.25. The highest BCUT2D eigenvalue weighted by Crippen LogP contribution is 2.15. The summed E-state index contributed by atoms with van der Waals surface area (Å²) in [4.78, 5) is 81.9. The molecule has 0 fully saturated rings. The Morgan fingerprint density at radius 3 is 1.39 bits per heavy atom. The summed E-state index contributed by atoms with van der Waals surface area (Å²) >= 11 is 0. The van der Waals surface area contributed by atoms with Crippen molar-refractivity contribution in [2.24, 2.45) is 0 Å². The van der Waals surface area contributed by atoms with E-state index in [1.165, 1.54) is 12.2 Å². The van der Waals surface area contributed by atoms with Gasteiger partial charge in [0.25, 0.3) is 17.7 Å². The molecule has 1 unspecified atom stereocenters. The van der Waals surface area contributed by atoms with Crippen molar-refractivity contribution in [3.8, 4) is 5.75 Å². The second kappa shape index (κ2) is 44.9. The lowest BCUT2D eigenvalue weighted by Crippen LogP contribution is -2.48. The zero-order chi connectivity index (χ0) is 57.7. The van der Waals surface area contributed by atoms with Crippen LogP contribution in [0.2, 0.25) is 0 Å². The maximum Gasteiger partial charge on any atom is 0.328 e. The summed E-state index contributed by atoms with van der Waals surface area (Å²) in [6.45, 7) is 13.1. The van der Waals surface area contributed by atoms with E-state index in [-0.39, 0.29) is 56.4 Å². The average Bonchev–Trinajstić information content (AvgIpc) is 3.79. The molecular formula is C53H83N7O20. The summed E-state index contributed by atoms with van der Waals surface area (Å²) in [5, 5.41) is 30.1. The van der Waals surface area contributed by atoms with Gasteiger partial charge in [0.15, 0.2) is 0 Å². The van der Waals surface area contributed by atoms with E-state index < -0.39 is 35.6 Å². The van der Waals surface area contributed by atoms with E-state index >= 15 is 0 Å². The fourth-order valence-electron chi connectivity index (χ4n) is 6.97. The lowest BCUT2D eigenvalue weighted by molar-refractivity contribution is -0.140. The fraction of sp³-hybridized carbons (Fsp3) is 0.660. The molecule has 1 aliphatic heterocycles. The molecule has 5 amide bonds. The van der Waals surface area contributed by atoms with E-state index in [2.05, 4.69) is 31.2 Å². The van der Waals surface area contributed by atoms with Crippen LogP contribution in [0.25, 0.3) is 0 Å². The third kappa shape index (κ3) is 33.7. The predicted octanol–water partition coefficient (Wildman–Crippen LogP) is 0.164. The van der Waals surface area contributed by atoms with E-state index in [1.807, 2.05) is 6.07 Å². The number of aliphatic carboxylic acids is 1. The Morgan fingerprint density at radius 1 is 0.550 bits per heavy atom. The molecular weight excluding hydrogens is 1050 g/mol. The van der Waals surface area contributed by atoms with Gasteiger partial charge in [0.2, 0.25) is 17.8 Å². The molecule has 1 aromatic carbocycles. The number of carboxylic acids is 1.